The summed E-state index contributed by atoms with van der Waals surface area (Å²) in [6, 6.07) is 15.2. The summed E-state index contributed by atoms with van der Waals surface area (Å²) in [4.78, 5) is 0.372. The van der Waals surface area contributed by atoms with Crippen LogP contribution >= 0.6 is 0 Å². The van der Waals surface area contributed by atoms with Gasteiger partial charge in [-0.25, -0.2) is 8.42 Å². The van der Waals surface area contributed by atoms with Gasteiger partial charge in [0.15, 0.2) is 9.84 Å². The Morgan fingerprint density at radius 2 is 1.08 bits per heavy atom. The first kappa shape index (κ1) is 33.1. The van der Waals surface area contributed by atoms with Crippen molar-refractivity contribution in [2.75, 3.05) is 19.0 Å². The smallest absolute Gasteiger partial charge is 0.178 e. The SMILES string of the molecule is CCCCCCCCCCCCCCOc1ccc(C=Cc2ccc(S(=O)(=O)CCCCCCO)cc2)cc1. The van der Waals surface area contributed by atoms with Crippen molar-refractivity contribution in [3.8, 4) is 5.75 Å². The minimum atomic E-state index is -3.26. The van der Waals surface area contributed by atoms with Crippen molar-refractivity contribution < 1.29 is 18.3 Å². The van der Waals surface area contributed by atoms with E-state index in [1.807, 2.05) is 48.6 Å². The minimum absolute atomic E-state index is 0.154. The van der Waals surface area contributed by atoms with Gasteiger partial charge < -0.3 is 9.84 Å². The Labute approximate surface area is 238 Å². The molecule has 2 aromatic carbocycles. The number of benzene rings is 2. The summed E-state index contributed by atoms with van der Waals surface area (Å²) in [6.45, 7) is 3.21. The van der Waals surface area contributed by atoms with Crippen molar-refractivity contribution in [3.05, 3.63) is 59.7 Å². The fourth-order valence-electron chi connectivity index (χ4n) is 4.66. The highest BCUT2D eigenvalue weighted by atomic mass is 32.2. The lowest BCUT2D eigenvalue weighted by atomic mass is 10.1. The number of aliphatic hydroxyl groups excluding tert-OH is 1. The summed E-state index contributed by atoms with van der Waals surface area (Å²) >= 11 is 0. The van der Waals surface area contributed by atoms with Crippen molar-refractivity contribution in [2.24, 2.45) is 0 Å². The van der Waals surface area contributed by atoms with Crippen molar-refractivity contribution in [1.29, 1.82) is 0 Å². The second-order valence-corrected chi connectivity index (χ2v) is 12.8. The van der Waals surface area contributed by atoms with Crippen molar-refractivity contribution in [2.45, 2.75) is 115 Å². The van der Waals surface area contributed by atoms with Gasteiger partial charge in [0, 0.05) is 6.61 Å². The van der Waals surface area contributed by atoms with Gasteiger partial charge in [0.25, 0.3) is 0 Å². The van der Waals surface area contributed by atoms with E-state index in [0.29, 0.717) is 11.3 Å². The molecule has 0 unspecified atom stereocenters. The first-order valence-corrected chi connectivity index (χ1v) is 17.0. The number of unbranched alkanes of at least 4 members (excludes halogenated alkanes) is 14. The Kier molecular flexibility index (Phi) is 17.6. The van der Waals surface area contributed by atoms with E-state index in [-0.39, 0.29) is 12.4 Å². The average molecular weight is 557 g/mol. The number of sulfone groups is 1. The highest BCUT2D eigenvalue weighted by Crippen LogP contribution is 2.18. The summed E-state index contributed by atoms with van der Waals surface area (Å²) in [5.41, 5.74) is 2.04. The number of hydrogen-bond donors (Lipinski definition) is 1. The number of hydrogen-bond acceptors (Lipinski definition) is 4. The Morgan fingerprint density at radius 1 is 0.615 bits per heavy atom. The molecule has 0 fully saturated rings. The lowest BCUT2D eigenvalue weighted by Crippen LogP contribution is -2.06. The molecule has 0 bridgehead atoms. The van der Waals surface area contributed by atoms with Gasteiger partial charge >= 0.3 is 0 Å². The van der Waals surface area contributed by atoms with Crippen LogP contribution in [0.1, 0.15) is 121 Å². The number of rotatable bonds is 23. The van der Waals surface area contributed by atoms with Crippen LogP contribution in [0.4, 0.5) is 0 Å². The molecule has 0 aromatic heterocycles. The maximum absolute atomic E-state index is 12.5. The third-order valence-electron chi connectivity index (χ3n) is 7.18. The average Bonchev–Trinajstić information content (AvgIpc) is 2.95. The molecular formula is C34H52O4S. The molecule has 0 aliphatic carbocycles. The molecule has 0 saturated carbocycles. The number of aliphatic hydroxyl groups is 1. The van der Waals surface area contributed by atoms with Gasteiger partial charge in [-0.15, -0.1) is 0 Å². The third kappa shape index (κ3) is 15.3. The fraction of sp³-hybridized carbons (Fsp3) is 0.588. The van der Waals surface area contributed by atoms with E-state index in [1.54, 1.807) is 12.1 Å². The van der Waals surface area contributed by atoms with Crippen LogP contribution in [0.5, 0.6) is 5.75 Å². The maximum atomic E-state index is 12.5. The largest absolute Gasteiger partial charge is 0.494 e. The summed E-state index contributed by atoms with van der Waals surface area (Å²) in [5.74, 6) is 1.06. The molecular weight excluding hydrogens is 504 g/mol. The van der Waals surface area contributed by atoms with E-state index in [1.165, 1.54) is 70.6 Å². The van der Waals surface area contributed by atoms with E-state index >= 15 is 0 Å². The Morgan fingerprint density at radius 3 is 1.62 bits per heavy atom. The molecule has 2 rings (SSSR count). The summed E-state index contributed by atoms with van der Waals surface area (Å²) in [5, 5.41) is 8.83. The molecule has 0 heterocycles. The van der Waals surface area contributed by atoms with Gasteiger partial charge in [0.05, 0.1) is 17.3 Å². The van der Waals surface area contributed by atoms with Crippen LogP contribution in [0, 0.1) is 0 Å². The fourth-order valence-corrected chi connectivity index (χ4v) is 6.03. The third-order valence-corrected chi connectivity index (χ3v) is 8.99. The quantitative estimate of drug-likeness (QED) is 0.109. The van der Waals surface area contributed by atoms with Crippen LogP contribution in [0.25, 0.3) is 12.2 Å². The summed E-state index contributed by atoms with van der Waals surface area (Å²) in [6.07, 6.45) is 23.2. The molecule has 0 radical (unpaired) electrons. The Hall–Kier alpha value is -2.11. The van der Waals surface area contributed by atoms with E-state index in [0.717, 1.165) is 49.2 Å². The molecule has 0 aliphatic rings. The first-order chi connectivity index (χ1) is 19.0. The Bertz CT molecular complexity index is 994. The molecule has 218 valence electrons. The van der Waals surface area contributed by atoms with E-state index in [9.17, 15) is 8.42 Å². The number of ether oxygens (including phenoxy) is 1. The molecule has 4 nitrogen and oxygen atoms in total. The van der Waals surface area contributed by atoms with Gasteiger partial charge in [-0.1, -0.05) is 127 Å². The molecule has 0 aliphatic heterocycles. The second kappa shape index (κ2) is 20.7. The van der Waals surface area contributed by atoms with Gasteiger partial charge in [-0.3, -0.25) is 0 Å². The molecule has 2 aromatic rings. The molecule has 0 spiro atoms. The van der Waals surface area contributed by atoms with Gasteiger partial charge in [-0.2, -0.15) is 0 Å². The molecule has 0 atom stereocenters. The lowest BCUT2D eigenvalue weighted by Gasteiger charge is -2.07. The van der Waals surface area contributed by atoms with E-state index < -0.39 is 9.84 Å². The van der Waals surface area contributed by atoms with Gasteiger partial charge in [0.2, 0.25) is 0 Å². The van der Waals surface area contributed by atoms with Crippen molar-refractivity contribution >= 4 is 22.0 Å². The Balaban J connectivity index is 1.60. The molecule has 1 N–H and O–H groups in total. The lowest BCUT2D eigenvalue weighted by molar-refractivity contribution is 0.283. The standard InChI is InChI=1S/C34H52O4S/c1-2-3-4-5-6-7-8-9-10-11-13-16-29-38-33-24-20-31(21-25-33)18-19-32-22-26-34(27-23-32)39(36,37)30-17-14-12-15-28-35/h18-27,35H,2-17,28-30H2,1H3. The van der Waals surface area contributed by atoms with Crippen LogP contribution in [-0.2, 0) is 9.84 Å². The first-order valence-electron chi connectivity index (χ1n) is 15.4. The highest BCUT2D eigenvalue weighted by molar-refractivity contribution is 7.91. The normalized spacial score (nSPS) is 11.8. The van der Waals surface area contributed by atoms with E-state index in [4.69, 9.17) is 9.84 Å². The molecule has 0 amide bonds. The van der Waals surface area contributed by atoms with Crippen LogP contribution in [0.2, 0.25) is 0 Å². The van der Waals surface area contributed by atoms with E-state index in [2.05, 4.69) is 6.92 Å². The predicted octanol–water partition coefficient (Wildman–Crippen LogP) is 9.26. The minimum Gasteiger partial charge on any atom is -0.494 e. The summed E-state index contributed by atoms with van der Waals surface area (Å²) < 4.78 is 31.0. The molecule has 39 heavy (non-hydrogen) atoms. The van der Waals surface area contributed by atoms with Crippen LogP contribution in [-0.4, -0.2) is 32.5 Å². The summed E-state index contributed by atoms with van der Waals surface area (Å²) in [7, 11) is -3.26. The molecule has 5 heteroatoms. The zero-order valence-corrected chi connectivity index (χ0v) is 25.1. The zero-order valence-electron chi connectivity index (χ0n) is 24.3. The zero-order chi connectivity index (χ0) is 28.0. The van der Waals surface area contributed by atoms with Crippen LogP contribution in [0.15, 0.2) is 53.4 Å². The van der Waals surface area contributed by atoms with Crippen LogP contribution < -0.4 is 4.74 Å². The molecule has 0 saturated heterocycles. The van der Waals surface area contributed by atoms with Gasteiger partial charge in [0.1, 0.15) is 5.75 Å². The topological polar surface area (TPSA) is 63.6 Å². The van der Waals surface area contributed by atoms with Crippen molar-refractivity contribution in [1.82, 2.24) is 0 Å². The van der Waals surface area contributed by atoms with Gasteiger partial charge in [-0.05, 0) is 54.7 Å². The monoisotopic (exact) mass is 556 g/mol. The predicted molar refractivity (Wildman–Crippen MR) is 166 cm³/mol. The maximum Gasteiger partial charge on any atom is 0.178 e. The second-order valence-electron chi connectivity index (χ2n) is 10.7. The highest BCUT2D eigenvalue weighted by Gasteiger charge is 2.13. The van der Waals surface area contributed by atoms with Crippen LogP contribution in [0.3, 0.4) is 0 Å². The van der Waals surface area contributed by atoms with Crippen molar-refractivity contribution in [3.63, 3.8) is 0 Å².